The summed E-state index contributed by atoms with van der Waals surface area (Å²) in [7, 11) is 0. The number of benzene rings is 1. The number of hydrogen-bond donors (Lipinski definition) is 1. The lowest BCUT2D eigenvalue weighted by Crippen LogP contribution is -2.62. The van der Waals surface area contributed by atoms with Gasteiger partial charge in [-0.15, -0.1) is 0 Å². The fourth-order valence-electron chi connectivity index (χ4n) is 3.09. The maximum absolute atomic E-state index is 3.73. The average molecular weight is 260 g/mol. The van der Waals surface area contributed by atoms with E-state index in [4.69, 9.17) is 0 Å². The molecule has 0 radical (unpaired) electrons. The normalized spacial score (nSPS) is 25.5. The standard InChI is InChI=1S/C17H28N2/c1-5-16-12-18-15(13-19(16)17(2,3)4)11-14-9-7-6-8-10-14/h6-10,15-16,18H,5,11-13H2,1-4H3. The molecule has 0 bridgehead atoms. The Bertz CT molecular complexity index is 380. The molecule has 1 aromatic rings. The number of piperazine rings is 1. The van der Waals surface area contributed by atoms with Crippen molar-refractivity contribution in [3.63, 3.8) is 0 Å². The first kappa shape index (κ1) is 14.5. The van der Waals surface area contributed by atoms with Gasteiger partial charge in [-0.25, -0.2) is 0 Å². The third kappa shape index (κ3) is 3.80. The highest BCUT2D eigenvalue weighted by molar-refractivity contribution is 5.16. The van der Waals surface area contributed by atoms with Crippen LogP contribution in [0.15, 0.2) is 30.3 Å². The van der Waals surface area contributed by atoms with E-state index in [9.17, 15) is 0 Å². The lowest BCUT2D eigenvalue weighted by molar-refractivity contribution is 0.0394. The van der Waals surface area contributed by atoms with Crippen molar-refractivity contribution in [2.24, 2.45) is 0 Å². The lowest BCUT2D eigenvalue weighted by atomic mass is 9.94. The molecule has 2 unspecified atom stereocenters. The molecule has 1 N–H and O–H groups in total. The summed E-state index contributed by atoms with van der Waals surface area (Å²) in [6.45, 7) is 11.6. The van der Waals surface area contributed by atoms with Crippen LogP contribution < -0.4 is 5.32 Å². The van der Waals surface area contributed by atoms with Gasteiger partial charge in [0, 0.05) is 30.7 Å². The van der Waals surface area contributed by atoms with E-state index in [1.165, 1.54) is 12.0 Å². The zero-order valence-electron chi connectivity index (χ0n) is 12.8. The van der Waals surface area contributed by atoms with Gasteiger partial charge in [-0.05, 0) is 39.2 Å². The molecule has 0 saturated carbocycles. The van der Waals surface area contributed by atoms with Gasteiger partial charge in [-0.3, -0.25) is 4.90 Å². The van der Waals surface area contributed by atoms with Crippen molar-refractivity contribution in [3.05, 3.63) is 35.9 Å². The molecule has 1 aromatic carbocycles. The van der Waals surface area contributed by atoms with E-state index in [1.807, 2.05) is 0 Å². The Morgan fingerprint density at radius 3 is 2.47 bits per heavy atom. The summed E-state index contributed by atoms with van der Waals surface area (Å²) < 4.78 is 0. The zero-order chi connectivity index (χ0) is 13.9. The molecular weight excluding hydrogens is 232 g/mol. The highest BCUT2D eigenvalue weighted by Gasteiger charge is 2.33. The topological polar surface area (TPSA) is 15.3 Å². The summed E-state index contributed by atoms with van der Waals surface area (Å²) in [5, 5.41) is 3.73. The highest BCUT2D eigenvalue weighted by Crippen LogP contribution is 2.22. The Kier molecular flexibility index (Phi) is 4.64. The van der Waals surface area contributed by atoms with E-state index in [0.29, 0.717) is 12.1 Å². The predicted molar refractivity (Wildman–Crippen MR) is 82.5 cm³/mol. The van der Waals surface area contributed by atoms with E-state index in [1.54, 1.807) is 0 Å². The van der Waals surface area contributed by atoms with E-state index >= 15 is 0 Å². The van der Waals surface area contributed by atoms with Crippen LogP contribution in [0.1, 0.15) is 39.7 Å². The van der Waals surface area contributed by atoms with E-state index in [2.05, 4.69) is 68.2 Å². The van der Waals surface area contributed by atoms with Crippen molar-refractivity contribution >= 4 is 0 Å². The molecule has 19 heavy (non-hydrogen) atoms. The number of hydrogen-bond acceptors (Lipinski definition) is 2. The molecule has 1 fully saturated rings. The molecule has 106 valence electrons. The lowest BCUT2D eigenvalue weighted by Gasteiger charge is -2.47. The minimum absolute atomic E-state index is 0.262. The molecule has 2 nitrogen and oxygen atoms in total. The maximum atomic E-state index is 3.73. The summed E-state index contributed by atoms with van der Waals surface area (Å²) in [4.78, 5) is 2.68. The van der Waals surface area contributed by atoms with Crippen LogP contribution in [0, 0.1) is 0 Å². The summed E-state index contributed by atoms with van der Waals surface area (Å²) in [6, 6.07) is 12.1. The second-order valence-electron chi connectivity index (χ2n) is 6.68. The van der Waals surface area contributed by atoms with Crippen LogP contribution in [0.5, 0.6) is 0 Å². The van der Waals surface area contributed by atoms with E-state index < -0.39 is 0 Å². The van der Waals surface area contributed by atoms with Crippen LogP contribution in [-0.4, -0.2) is 35.6 Å². The molecule has 1 heterocycles. The molecule has 0 aromatic heterocycles. The van der Waals surface area contributed by atoms with Crippen molar-refractivity contribution < 1.29 is 0 Å². The van der Waals surface area contributed by atoms with Crippen molar-refractivity contribution in [2.75, 3.05) is 13.1 Å². The Morgan fingerprint density at radius 1 is 1.21 bits per heavy atom. The number of nitrogens with one attached hydrogen (secondary N) is 1. The van der Waals surface area contributed by atoms with Crippen molar-refractivity contribution in [2.45, 2.75) is 58.2 Å². The first-order chi connectivity index (χ1) is 9.00. The third-order valence-electron chi connectivity index (χ3n) is 4.16. The molecule has 1 aliphatic rings. The zero-order valence-corrected chi connectivity index (χ0v) is 12.8. The van der Waals surface area contributed by atoms with Crippen LogP contribution in [0.3, 0.4) is 0 Å². The van der Waals surface area contributed by atoms with Crippen LogP contribution in [-0.2, 0) is 6.42 Å². The quantitative estimate of drug-likeness (QED) is 0.898. The first-order valence-corrected chi connectivity index (χ1v) is 7.54. The van der Waals surface area contributed by atoms with Gasteiger partial charge in [0.15, 0.2) is 0 Å². The van der Waals surface area contributed by atoms with Gasteiger partial charge >= 0.3 is 0 Å². The van der Waals surface area contributed by atoms with Gasteiger partial charge in [0.2, 0.25) is 0 Å². The molecular formula is C17H28N2. The number of rotatable bonds is 3. The second kappa shape index (κ2) is 6.06. The van der Waals surface area contributed by atoms with Crippen LogP contribution in [0.2, 0.25) is 0 Å². The van der Waals surface area contributed by atoms with Crippen molar-refractivity contribution in [1.82, 2.24) is 10.2 Å². The first-order valence-electron chi connectivity index (χ1n) is 7.54. The van der Waals surface area contributed by atoms with Gasteiger partial charge in [0.05, 0.1) is 0 Å². The maximum Gasteiger partial charge on any atom is 0.0236 e. The van der Waals surface area contributed by atoms with Gasteiger partial charge in [-0.1, -0.05) is 37.3 Å². The molecule has 0 aliphatic carbocycles. The van der Waals surface area contributed by atoms with Gasteiger partial charge in [0.25, 0.3) is 0 Å². The molecule has 2 atom stereocenters. The monoisotopic (exact) mass is 260 g/mol. The molecule has 0 spiro atoms. The molecule has 1 saturated heterocycles. The van der Waals surface area contributed by atoms with Gasteiger partial charge in [-0.2, -0.15) is 0 Å². The summed E-state index contributed by atoms with van der Waals surface area (Å²) in [5.41, 5.74) is 1.70. The SMILES string of the molecule is CCC1CNC(Cc2ccccc2)CN1C(C)(C)C. The smallest absolute Gasteiger partial charge is 0.0236 e. The van der Waals surface area contributed by atoms with Crippen LogP contribution >= 0.6 is 0 Å². The minimum atomic E-state index is 0.262. The van der Waals surface area contributed by atoms with Gasteiger partial charge in [0.1, 0.15) is 0 Å². The van der Waals surface area contributed by atoms with E-state index in [-0.39, 0.29) is 5.54 Å². The predicted octanol–water partition coefficient (Wildman–Crippen LogP) is 3.08. The highest BCUT2D eigenvalue weighted by atomic mass is 15.3. The summed E-state index contributed by atoms with van der Waals surface area (Å²) >= 11 is 0. The minimum Gasteiger partial charge on any atom is -0.311 e. The van der Waals surface area contributed by atoms with E-state index in [0.717, 1.165) is 19.5 Å². The van der Waals surface area contributed by atoms with Crippen molar-refractivity contribution in [1.29, 1.82) is 0 Å². The Hall–Kier alpha value is -0.860. The van der Waals surface area contributed by atoms with Crippen LogP contribution in [0.4, 0.5) is 0 Å². The fourth-order valence-corrected chi connectivity index (χ4v) is 3.09. The molecule has 1 aliphatic heterocycles. The molecule has 2 rings (SSSR count). The second-order valence-corrected chi connectivity index (χ2v) is 6.68. The largest absolute Gasteiger partial charge is 0.311 e. The Balaban J connectivity index is 2.02. The summed E-state index contributed by atoms with van der Waals surface area (Å²) in [5.74, 6) is 0. The van der Waals surface area contributed by atoms with Crippen LogP contribution in [0.25, 0.3) is 0 Å². The summed E-state index contributed by atoms with van der Waals surface area (Å²) in [6.07, 6.45) is 2.35. The van der Waals surface area contributed by atoms with Gasteiger partial charge < -0.3 is 5.32 Å². The number of nitrogens with zero attached hydrogens (tertiary/aromatic N) is 1. The third-order valence-corrected chi connectivity index (χ3v) is 4.16. The molecule has 0 amide bonds. The average Bonchev–Trinajstić information content (AvgIpc) is 2.39. The Morgan fingerprint density at radius 2 is 1.89 bits per heavy atom. The molecule has 2 heteroatoms. The Labute approximate surface area is 118 Å². The fraction of sp³-hybridized carbons (Fsp3) is 0.647. The van der Waals surface area contributed by atoms with Crippen molar-refractivity contribution in [3.8, 4) is 0 Å².